The van der Waals surface area contributed by atoms with Crippen LogP contribution in [0.2, 0.25) is 0 Å². The predicted octanol–water partition coefficient (Wildman–Crippen LogP) is 2.19. The fraction of sp³-hybridized carbons (Fsp3) is 0.538. The Morgan fingerprint density at radius 1 is 1.41 bits per heavy atom. The number of rotatable bonds is 6. The molecule has 0 amide bonds. The van der Waals surface area contributed by atoms with Crippen LogP contribution >= 0.6 is 0 Å². The smallest absolute Gasteiger partial charge is 0.120 e. The lowest BCUT2D eigenvalue weighted by Crippen LogP contribution is -2.27. The average molecular weight is 255 g/mol. The first-order valence-electron chi connectivity index (χ1n) is 5.80. The van der Waals surface area contributed by atoms with Crippen LogP contribution in [0.15, 0.2) is 29.2 Å². The molecule has 1 rings (SSSR count). The van der Waals surface area contributed by atoms with E-state index in [-0.39, 0.29) is 5.25 Å². The third-order valence-corrected chi connectivity index (χ3v) is 4.46. The summed E-state index contributed by atoms with van der Waals surface area (Å²) in [6.45, 7) is 4.11. The molecule has 0 aromatic heterocycles. The molecule has 1 N–H and O–H groups in total. The van der Waals surface area contributed by atoms with E-state index in [1.807, 2.05) is 38.2 Å². The third kappa shape index (κ3) is 4.13. The molecule has 3 atom stereocenters. The molecule has 0 heterocycles. The highest BCUT2D eigenvalue weighted by atomic mass is 32.2. The van der Waals surface area contributed by atoms with Gasteiger partial charge in [0.15, 0.2) is 0 Å². The van der Waals surface area contributed by atoms with E-state index in [0.29, 0.717) is 6.04 Å². The summed E-state index contributed by atoms with van der Waals surface area (Å²) in [5.74, 6) is 0.754. The minimum atomic E-state index is -0.982. The molecule has 0 aliphatic rings. The molecule has 0 bridgehead atoms. The second-order valence-electron chi connectivity index (χ2n) is 4.21. The van der Waals surface area contributed by atoms with E-state index < -0.39 is 10.8 Å². The maximum atomic E-state index is 12.3. The summed E-state index contributed by atoms with van der Waals surface area (Å²) in [6.07, 6.45) is 0.889. The standard InChI is InChI=1S/C13H21NO2S/c1-10(14-3)8-11(2)17(15)13-7-5-6-12(9-13)16-4/h5-7,9-11,14H,8H2,1-4H3. The van der Waals surface area contributed by atoms with Crippen LogP contribution in [-0.4, -0.2) is 29.7 Å². The molecular formula is C13H21NO2S. The first kappa shape index (κ1) is 14.2. The van der Waals surface area contributed by atoms with Gasteiger partial charge in [0, 0.05) is 16.2 Å². The van der Waals surface area contributed by atoms with Crippen LogP contribution in [0.1, 0.15) is 20.3 Å². The molecule has 4 heteroatoms. The van der Waals surface area contributed by atoms with Crippen LogP contribution < -0.4 is 10.1 Å². The predicted molar refractivity (Wildman–Crippen MR) is 72.0 cm³/mol. The van der Waals surface area contributed by atoms with Gasteiger partial charge < -0.3 is 10.1 Å². The Labute approximate surface area is 106 Å². The van der Waals surface area contributed by atoms with Crippen molar-refractivity contribution in [3.8, 4) is 5.75 Å². The number of hydrogen-bond donors (Lipinski definition) is 1. The minimum Gasteiger partial charge on any atom is -0.497 e. The van der Waals surface area contributed by atoms with E-state index in [9.17, 15) is 4.21 Å². The number of hydrogen-bond acceptors (Lipinski definition) is 3. The maximum absolute atomic E-state index is 12.3. The zero-order valence-electron chi connectivity index (χ0n) is 10.9. The summed E-state index contributed by atoms with van der Waals surface area (Å²) in [5, 5.41) is 3.29. The normalized spacial score (nSPS) is 16.2. The Hall–Kier alpha value is -0.870. The van der Waals surface area contributed by atoms with E-state index in [2.05, 4.69) is 12.2 Å². The lowest BCUT2D eigenvalue weighted by atomic mass is 10.2. The Morgan fingerprint density at radius 2 is 2.12 bits per heavy atom. The van der Waals surface area contributed by atoms with E-state index in [4.69, 9.17) is 4.74 Å². The molecule has 17 heavy (non-hydrogen) atoms. The summed E-state index contributed by atoms with van der Waals surface area (Å²) in [7, 11) is 2.56. The number of ether oxygens (including phenoxy) is 1. The topological polar surface area (TPSA) is 38.3 Å². The Balaban J connectivity index is 2.74. The van der Waals surface area contributed by atoms with E-state index >= 15 is 0 Å². The van der Waals surface area contributed by atoms with Crippen molar-refractivity contribution in [3.63, 3.8) is 0 Å². The number of benzene rings is 1. The van der Waals surface area contributed by atoms with Gasteiger partial charge in [-0.1, -0.05) is 13.0 Å². The molecule has 0 aliphatic carbocycles. The second-order valence-corrected chi connectivity index (χ2v) is 6.08. The van der Waals surface area contributed by atoms with Crippen molar-refractivity contribution in [2.75, 3.05) is 14.2 Å². The van der Waals surface area contributed by atoms with Crippen LogP contribution in [0.5, 0.6) is 5.75 Å². The van der Waals surface area contributed by atoms with E-state index in [1.54, 1.807) is 7.11 Å². The van der Waals surface area contributed by atoms with Gasteiger partial charge in [0.25, 0.3) is 0 Å². The van der Waals surface area contributed by atoms with Crippen molar-refractivity contribution in [1.82, 2.24) is 5.32 Å². The van der Waals surface area contributed by atoms with Crippen molar-refractivity contribution >= 4 is 10.8 Å². The molecule has 3 unspecified atom stereocenters. The molecule has 0 saturated carbocycles. The highest BCUT2D eigenvalue weighted by Gasteiger charge is 2.16. The van der Waals surface area contributed by atoms with Gasteiger partial charge in [0.2, 0.25) is 0 Å². The average Bonchev–Trinajstić information content (AvgIpc) is 2.37. The summed E-state index contributed by atoms with van der Waals surface area (Å²) in [4.78, 5) is 0.833. The van der Waals surface area contributed by atoms with Crippen molar-refractivity contribution in [2.45, 2.75) is 36.5 Å². The summed E-state index contributed by atoms with van der Waals surface area (Å²) < 4.78 is 17.4. The fourth-order valence-corrected chi connectivity index (χ4v) is 3.03. The highest BCUT2D eigenvalue weighted by Crippen LogP contribution is 2.19. The Morgan fingerprint density at radius 3 is 2.71 bits per heavy atom. The fourth-order valence-electron chi connectivity index (χ4n) is 1.66. The quantitative estimate of drug-likeness (QED) is 0.847. The molecule has 0 saturated heterocycles. The van der Waals surface area contributed by atoms with E-state index in [0.717, 1.165) is 17.1 Å². The minimum absolute atomic E-state index is 0.129. The zero-order valence-corrected chi connectivity index (χ0v) is 11.7. The van der Waals surface area contributed by atoms with Gasteiger partial charge in [-0.15, -0.1) is 0 Å². The molecule has 1 aromatic carbocycles. The van der Waals surface area contributed by atoms with Gasteiger partial charge in [-0.2, -0.15) is 0 Å². The van der Waals surface area contributed by atoms with Crippen LogP contribution in [0.25, 0.3) is 0 Å². The van der Waals surface area contributed by atoms with Crippen molar-refractivity contribution in [3.05, 3.63) is 24.3 Å². The van der Waals surface area contributed by atoms with Crippen molar-refractivity contribution in [1.29, 1.82) is 0 Å². The van der Waals surface area contributed by atoms with Gasteiger partial charge in [-0.05, 0) is 38.6 Å². The van der Waals surface area contributed by atoms with Gasteiger partial charge in [-0.25, -0.2) is 0 Å². The molecule has 3 nitrogen and oxygen atoms in total. The summed E-state index contributed by atoms with van der Waals surface area (Å²) >= 11 is 0. The molecular weight excluding hydrogens is 234 g/mol. The monoisotopic (exact) mass is 255 g/mol. The van der Waals surface area contributed by atoms with Gasteiger partial charge in [0.1, 0.15) is 5.75 Å². The third-order valence-electron chi connectivity index (χ3n) is 2.82. The lowest BCUT2D eigenvalue weighted by Gasteiger charge is -2.16. The first-order valence-corrected chi connectivity index (χ1v) is 7.01. The number of methoxy groups -OCH3 is 1. The molecule has 1 aromatic rings. The van der Waals surface area contributed by atoms with Gasteiger partial charge >= 0.3 is 0 Å². The van der Waals surface area contributed by atoms with Crippen LogP contribution in [0, 0.1) is 0 Å². The molecule has 0 fully saturated rings. The maximum Gasteiger partial charge on any atom is 0.120 e. The molecule has 0 spiro atoms. The second kappa shape index (κ2) is 6.77. The van der Waals surface area contributed by atoms with Gasteiger partial charge in [0.05, 0.1) is 17.9 Å². The lowest BCUT2D eigenvalue weighted by molar-refractivity contribution is 0.413. The highest BCUT2D eigenvalue weighted by molar-refractivity contribution is 7.85. The summed E-state index contributed by atoms with van der Waals surface area (Å²) in [5.41, 5.74) is 0. The van der Waals surface area contributed by atoms with Crippen LogP contribution in [0.4, 0.5) is 0 Å². The largest absolute Gasteiger partial charge is 0.497 e. The van der Waals surface area contributed by atoms with Crippen molar-refractivity contribution < 1.29 is 8.95 Å². The van der Waals surface area contributed by atoms with Crippen LogP contribution in [0.3, 0.4) is 0 Å². The van der Waals surface area contributed by atoms with Crippen molar-refractivity contribution in [2.24, 2.45) is 0 Å². The van der Waals surface area contributed by atoms with E-state index in [1.165, 1.54) is 0 Å². The Kier molecular flexibility index (Phi) is 5.65. The van der Waals surface area contributed by atoms with Crippen LogP contribution in [-0.2, 0) is 10.8 Å². The molecule has 0 radical (unpaired) electrons. The summed E-state index contributed by atoms with van der Waals surface area (Å²) in [6, 6.07) is 7.84. The number of nitrogens with one attached hydrogen (secondary N) is 1. The first-order chi connectivity index (χ1) is 8.08. The SMILES string of the molecule is CNC(C)CC(C)S(=O)c1cccc(OC)c1. The molecule has 96 valence electrons. The zero-order chi connectivity index (χ0) is 12.8. The van der Waals surface area contributed by atoms with Gasteiger partial charge in [-0.3, -0.25) is 4.21 Å². The molecule has 0 aliphatic heterocycles. The Bertz CT molecular complexity index is 381.